The van der Waals surface area contributed by atoms with E-state index in [0.717, 1.165) is 17.5 Å². The van der Waals surface area contributed by atoms with Crippen molar-refractivity contribution in [3.63, 3.8) is 0 Å². The van der Waals surface area contributed by atoms with Gasteiger partial charge in [0.2, 0.25) is 0 Å². The van der Waals surface area contributed by atoms with Crippen molar-refractivity contribution in [1.29, 1.82) is 0 Å². The average molecular weight is 430 g/mol. The Bertz CT molecular complexity index is 1140. The van der Waals surface area contributed by atoms with Crippen LogP contribution in [0.1, 0.15) is 23.6 Å². The third-order valence-electron chi connectivity index (χ3n) is 5.25. The molecule has 156 valence electrons. The lowest BCUT2D eigenvalue weighted by molar-refractivity contribution is -0.119. The zero-order valence-electron chi connectivity index (χ0n) is 17.5. The molecule has 5 heteroatoms. The maximum atomic E-state index is 13.5. The summed E-state index contributed by atoms with van der Waals surface area (Å²) in [4.78, 5) is 28.7. The number of nitrogens with zero attached hydrogens (tertiary/aromatic N) is 1. The molecule has 3 aromatic carbocycles. The fourth-order valence-corrected chi connectivity index (χ4v) is 4.64. The Morgan fingerprint density at radius 1 is 0.806 bits per heavy atom. The molecule has 0 atom stereocenters. The molecule has 31 heavy (non-hydrogen) atoms. The zero-order chi connectivity index (χ0) is 21.8. The quantitative estimate of drug-likeness (QED) is 0.467. The highest BCUT2D eigenvalue weighted by atomic mass is 32.2. The molecule has 0 aliphatic carbocycles. The summed E-state index contributed by atoms with van der Waals surface area (Å²) in [5, 5.41) is 0. The first-order chi connectivity index (χ1) is 15.1. The lowest BCUT2D eigenvalue weighted by Crippen LogP contribution is -2.31. The summed E-state index contributed by atoms with van der Waals surface area (Å²) in [5.41, 5.74) is 3.84. The Hall–Kier alpha value is -3.31. The topological polar surface area (TPSA) is 46.6 Å². The largest absolute Gasteiger partial charge is 0.496 e. The van der Waals surface area contributed by atoms with Crippen LogP contribution in [0.25, 0.3) is 5.57 Å². The van der Waals surface area contributed by atoms with E-state index in [0.29, 0.717) is 33.2 Å². The number of hydrogen-bond acceptors (Lipinski definition) is 4. The van der Waals surface area contributed by atoms with Crippen molar-refractivity contribution in [3.8, 4) is 5.75 Å². The number of amides is 2. The van der Waals surface area contributed by atoms with E-state index >= 15 is 0 Å². The number of methoxy groups -OCH3 is 1. The smallest absolute Gasteiger partial charge is 0.272 e. The maximum Gasteiger partial charge on any atom is 0.272 e. The van der Waals surface area contributed by atoms with Crippen molar-refractivity contribution in [2.24, 2.45) is 0 Å². The number of thioether (sulfide) groups is 1. The van der Waals surface area contributed by atoms with Gasteiger partial charge in [-0.2, -0.15) is 0 Å². The first kappa shape index (κ1) is 20.9. The molecule has 4 nitrogen and oxygen atoms in total. The molecule has 0 bridgehead atoms. The predicted octanol–water partition coefficient (Wildman–Crippen LogP) is 5.48. The lowest BCUT2D eigenvalue weighted by atomic mass is 10.0. The Morgan fingerprint density at radius 3 is 2.16 bits per heavy atom. The highest BCUT2D eigenvalue weighted by molar-refractivity contribution is 8.03. The van der Waals surface area contributed by atoms with Gasteiger partial charge in [-0.3, -0.25) is 9.59 Å². The first-order valence-corrected chi connectivity index (χ1v) is 11.1. The van der Waals surface area contributed by atoms with Crippen molar-refractivity contribution in [3.05, 3.63) is 100 Å². The van der Waals surface area contributed by atoms with E-state index in [1.54, 1.807) is 13.2 Å². The summed E-state index contributed by atoms with van der Waals surface area (Å²) in [6.07, 6.45) is 0.894. The molecule has 0 unspecified atom stereocenters. The van der Waals surface area contributed by atoms with Crippen LogP contribution in [0, 0.1) is 0 Å². The van der Waals surface area contributed by atoms with Crippen LogP contribution in [0.3, 0.4) is 0 Å². The SMILES string of the molecule is CCc1ccc(N2C(=O)C(SCc3ccccc3)=C(c3ccccc3OC)C2=O)cc1. The third kappa shape index (κ3) is 4.14. The highest BCUT2D eigenvalue weighted by Gasteiger charge is 2.41. The molecule has 0 saturated heterocycles. The number of anilines is 1. The minimum absolute atomic E-state index is 0.295. The molecular weight excluding hydrogens is 406 g/mol. The zero-order valence-corrected chi connectivity index (χ0v) is 18.3. The summed E-state index contributed by atoms with van der Waals surface area (Å²) in [7, 11) is 1.57. The summed E-state index contributed by atoms with van der Waals surface area (Å²) >= 11 is 1.39. The molecule has 4 rings (SSSR count). The predicted molar refractivity (Wildman–Crippen MR) is 126 cm³/mol. The van der Waals surface area contributed by atoms with Crippen LogP contribution in [-0.4, -0.2) is 18.9 Å². The summed E-state index contributed by atoms with van der Waals surface area (Å²) in [6, 6.07) is 24.8. The van der Waals surface area contributed by atoms with Gasteiger partial charge < -0.3 is 4.74 Å². The van der Waals surface area contributed by atoms with Crippen LogP contribution >= 0.6 is 11.8 Å². The van der Waals surface area contributed by atoms with E-state index in [1.807, 2.05) is 72.8 Å². The molecule has 0 aromatic heterocycles. The van der Waals surface area contributed by atoms with E-state index in [4.69, 9.17) is 4.74 Å². The second-order valence-electron chi connectivity index (χ2n) is 7.14. The number of carbonyl (C=O) groups excluding carboxylic acids is 2. The van der Waals surface area contributed by atoms with Gasteiger partial charge >= 0.3 is 0 Å². The second kappa shape index (κ2) is 9.23. The maximum absolute atomic E-state index is 13.5. The molecule has 0 saturated carbocycles. The van der Waals surface area contributed by atoms with E-state index in [-0.39, 0.29) is 11.8 Å². The van der Waals surface area contributed by atoms with Gasteiger partial charge in [0.05, 0.1) is 23.3 Å². The van der Waals surface area contributed by atoms with Crippen LogP contribution in [0.2, 0.25) is 0 Å². The standard InChI is InChI=1S/C26H23NO3S/c1-3-18-13-15-20(16-14-18)27-25(28)23(21-11-7-8-12-22(21)30-2)24(26(27)29)31-17-19-9-5-4-6-10-19/h4-16H,3,17H2,1-2H3. The van der Waals surface area contributed by atoms with Gasteiger partial charge in [0.1, 0.15) is 5.75 Å². The molecule has 0 radical (unpaired) electrons. The molecule has 1 aliphatic rings. The fourth-order valence-electron chi connectivity index (χ4n) is 3.58. The van der Waals surface area contributed by atoms with Gasteiger partial charge in [0.15, 0.2) is 0 Å². The van der Waals surface area contributed by atoms with E-state index < -0.39 is 0 Å². The van der Waals surface area contributed by atoms with Gasteiger partial charge in [0.25, 0.3) is 11.8 Å². The summed E-state index contributed by atoms with van der Waals surface area (Å²) in [5.74, 6) is 0.543. The molecule has 3 aromatic rings. The first-order valence-electron chi connectivity index (χ1n) is 10.2. The Morgan fingerprint density at radius 2 is 1.48 bits per heavy atom. The van der Waals surface area contributed by atoms with E-state index in [1.165, 1.54) is 16.7 Å². The van der Waals surface area contributed by atoms with Gasteiger partial charge in [-0.25, -0.2) is 4.90 Å². The minimum Gasteiger partial charge on any atom is -0.496 e. The van der Waals surface area contributed by atoms with Crippen molar-refractivity contribution in [1.82, 2.24) is 0 Å². The van der Waals surface area contributed by atoms with Gasteiger partial charge in [-0.05, 0) is 35.7 Å². The number of ether oxygens (including phenoxy) is 1. The van der Waals surface area contributed by atoms with Gasteiger partial charge in [-0.15, -0.1) is 11.8 Å². The molecular formula is C26H23NO3S. The Kier molecular flexibility index (Phi) is 6.23. The van der Waals surface area contributed by atoms with Gasteiger partial charge in [0, 0.05) is 11.3 Å². The number of carbonyl (C=O) groups is 2. The molecule has 2 amide bonds. The number of aryl methyl sites for hydroxylation is 1. The number of hydrogen-bond donors (Lipinski definition) is 0. The summed E-state index contributed by atoms with van der Waals surface area (Å²) in [6.45, 7) is 2.07. The lowest BCUT2D eigenvalue weighted by Gasteiger charge is -2.16. The number of rotatable bonds is 7. The highest BCUT2D eigenvalue weighted by Crippen LogP contribution is 2.42. The van der Waals surface area contributed by atoms with E-state index in [2.05, 4.69) is 6.92 Å². The third-order valence-corrected chi connectivity index (χ3v) is 6.39. The van der Waals surface area contributed by atoms with Crippen molar-refractivity contribution in [2.75, 3.05) is 12.0 Å². The van der Waals surface area contributed by atoms with Crippen LogP contribution in [0.4, 0.5) is 5.69 Å². The number of imide groups is 1. The van der Waals surface area contributed by atoms with E-state index in [9.17, 15) is 9.59 Å². The fraction of sp³-hybridized carbons (Fsp3) is 0.154. The Balaban J connectivity index is 1.76. The molecule has 1 heterocycles. The second-order valence-corrected chi connectivity index (χ2v) is 8.13. The molecule has 0 spiro atoms. The normalized spacial score (nSPS) is 13.8. The van der Waals surface area contributed by atoms with Gasteiger partial charge in [-0.1, -0.05) is 67.6 Å². The Labute approximate surface area is 186 Å². The molecule has 0 fully saturated rings. The van der Waals surface area contributed by atoms with Crippen molar-refractivity contribution >= 4 is 34.8 Å². The molecule has 1 aliphatic heterocycles. The van der Waals surface area contributed by atoms with Crippen LogP contribution < -0.4 is 9.64 Å². The summed E-state index contributed by atoms with van der Waals surface area (Å²) < 4.78 is 5.50. The average Bonchev–Trinajstić information content (AvgIpc) is 3.07. The minimum atomic E-state index is -0.325. The number of benzene rings is 3. The van der Waals surface area contributed by atoms with Crippen LogP contribution in [0.5, 0.6) is 5.75 Å². The number of para-hydroxylation sites is 1. The van der Waals surface area contributed by atoms with Crippen molar-refractivity contribution in [2.45, 2.75) is 19.1 Å². The molecule has 0 N–H and O–H groups in total. The van der Waals surface area contributed by atoms with Crippen LogP contribution in [-0.2, 0) is 21.8 Å². The van der Waals surface area contributed by atoms with Crippen LogP contribution in [0.15, 0.2) is 83.8 Å². The van der Waals surface area contributed by atoms with Crippen molar-refractivity contribution < 1.29 is 14.3 Å². The monoisotopic (exact) mass is 429 g/mol.